The van der Waals surface area contributed by atoms with Gasteiger partial charge in [0.25, 0.3) is 0 Å². The van der Waals surface area contributed by atoms with E-state index in [2.05, 4.69) is 9.80 Å². The van der Waals surface area contributed by atoms with Crippen molar-refractivity contribution in [2.24, 2.45) is 5.92 Å². The number of nitrogens with zero attached hydrogens (tertiary/aromatic N) is 2. The molecule has 0 aromatic heterocycles. The second-order valence-corrected chi connectivity index (χ2v) is 10.3. The molecule has 0 unspecified atom stereocenters. The van der Waals surface area contributed by atoms with E-state index in [0.717, 1.165) is 31.1 Å². The Labute approximate surface area is 153 Å². The summed E-state index contributed by atoms with van der Waals surface area (Å²) in [5.41, 5.74) is 0.975. The Bertz CT molecular complexity index is 736. The second-order valence-electron chi connectivity index (χ2n) is 7.33. The van der Waals surface area contributed by atoms with E-state index < -0.39 is 9.84 Å². The fraction of sp³-hybridized carbons (Fsp3) is 0.647. The Morgan fingerprint density at radius 3 is 2.42 bits per heavy atom. The Balaban J connectivity index is 1.55. The molecule has 0 spiro atoms. The average molecular weight is 389 g/mol. The highest BCUT2D eigenvalue weighted by molar-refractivity contribution is 7.91. The highest BCUT2D eigenvalue weighted by atomic mass is 35.5. The average Bonchev–Trinajstić information content (AvgIpc) is 3.27. The van der Waals surface area contributed by atoms with E-state index in [4.69, 9.17) is 23.2 Å². The third-order valence-corrected chi connectivity index (χ3v) is 8.06. The molecule has 132 valence electrons. The van der Waals surface area contributed by atoms with Crippen molar-refractivity contribution in [1.82, 2.24) is 9.80 Å². The molecular weight excluding hydrogens is 367 g/mol. The molecule has 1 aliphatic carbocycles. The van der Waals surface area contributed by atoms with Crippen LogP contribution in [0.2, 0.25) is 10.0 Å². The standard InChI is InChI=1S/C17H22Cl2N2O2S/c18-14-3-1-2-13(17(14)19)9-21-7-6-20(8-12-4-5-12)15-10-24(22,23)11-16(15)21/h1-3,12,15-16H,4-11H2/t15-,16+/m1/s1. The van der Waals surface area contributed by atoms with Crippen molar-refractivity contribution in [1.29, 1.82) is 0 Å². The van der Waals surface area contributed by atoms with Crippen LogP contribution < -0.4 is 0 Å². The third kappa shape index (κ3) is 3.47. The second kappa shape index (κ2) is 6.44. The molecule has 4 nitrogen and oxygen atoms in total. The van der Waals surface area contributed by atoms with E-state index in [1.165, 1.54) is 12.8 Å². The molecule has 1 saturated carbocycles. The summed E-state index contributed by atoms with van der Waals surface area (Å²) in [5.74, 6) is 1.34. The molecule has 4 rings (SSSR count). The topological polar surface area (TPSA) is 40.6 Å². The number of fused-ring (bicyclic) bond motifs is 1. The Kier molecular flexibility index (Phi) is 4.59. The van der Waals surface area contributed by atoms with Gasteiger partial charge in [0.05, 0.1) is 21.6 Å². The molecule has 2 aliphatic heterocycles. The van der Waals surface area contributed by atoms with Crippen molar-refractivity contribution in [3.8, 4) is 0 Å². The quantitative estimate of drug-likeness (QED) is 0.794. The largest absolute Gasteiger partial charge is 0.296 e. The predicted molar refractivity (Wildman–Crippen MR) is 97.4 cm³/mol. The van der Waals surface area contributed by atoms with Gasteiger partial charge < -0.3 is 0 Å². The lowest BCUT2D eigenvalue weighted by molar-refractivity contribution is 0.0377. The third-order valence-electron chi connectivity index (χ3n) is 5.50. The summed E-state index contributed by atoms with van der Waals surface area (Å²) in [6.07, 6.45) is 2.59. The van der Waals surface area contributed by atoms with Gasteiger partial charge in [-0.1, -0.05) is 35.3 Å². The summed E-state index contributed by atoms with van der Waals surface area (Å²) in [6.45, 7) is 3.54. The summed E-state index contributed by atoms with van der Waals surface area (Å²) < 4.78 is 24.5. The highest BCUT2D eigenvalue weighted by Gasteiger charge is 2.47. The van der Waals surface area contributed by atoms with E-state index in [0.29, 0.717) is 22.3 Å². The molecule has 24 heavy (non-hydrogen) atoms. The summed E-state index contributed by atoms with van der Waals surface area (Å²) in [7, 11) is -2.96. The number of benzene rings is 1. The first-order valence-electron chi connectivity index (χ1n) is 8.54. The van der Waals surface area contributed by atoms with Crippen LogP contribution in [0.15, 0.2) is 18.2 Å². The van der Waals surface area contributed by atoms with Crippen LogP contribution in [0, 0.1) is 5.92 Å². The fourth-order valence-corrected chi connectivity index (χ4v) is 6.46. The molecular formula is C17H22Cl2N2O2S. The van der Waals surface area contributed by atoms with Gasteiger partial charge in [-0.25, -0.2) is 8.42 Å². The van der Waals surface area contributed by atoms with Crippen LogP contribution in [-0.2, 0) is 16.4 Å². The van der Waals surface area contributed by atoms with E-state index in [1.807, 2.05) is 12.1 Å². The Hall–Kier alpha value is -0.330. The van der Waals surface area contributed by atoms with Crippen LogP contribution in [-0.4, -0.2) is 61.4 Å². The first-order valence-corrected chi connectivity index (χ1v) is 11.1. The van der Waals surface area contributed by atoms with E-state index in [1.54, 1.807) is 6.07 Å². The number of halogens is 2. The maximum atomic E-state index is 12.3. The first kappa shape index (κ1) is 17.1. The van der Waals surface area contributed by atoms with Crippen molar-refractivity contribution in [2.75, 3.05) is 31.1 Å². The van der Waals surface area contributed by atoms with Gasteiger partial charge in [0.15, 0.2) is 9.84 Å². The van der Waals surface area contributed by atoms with Gasteiger partial charge in [-0.05, 0) is 30.4 Å². The molecule has 3 aliphatic rings. The molecule has 7 heteroatoms. The lowest BCUT2D eigenvalue weighted by Crippen LogP contribution is -2.59. The van der Waals surface area contributed by atoms with Crippen LogP contribution >= 0.6 is 23.2 Å². The smallest absolute Gasteiger partial charge is 0.153 e. The molecule has 3 fully saturated rings. The number of hydrogen-bond acceptors (Lipinski definition) is 4. The van der Waals surface area contributed by atoms with E-state index >= 15 is 0 Å². The lowest BCUT2D eigenvalue weighted by atomic mass is 10.0. The van der Waals surface area contributed by atoms with Gasteiger partial charge in [-0.2, -0.15) is 0 Å². The highest BCUT2D eigenvalue weighted by Crippen LogP contribution is 2.35. The maximum absolute atomic E-state index is 12.3. The van der Waals surface area contributed by atoms with Crippen LogP contribution in [0.1, 0.15) is 18.4 Å². The van der Waals surface area contributed by atoms with Crippen LogP contribution in [0.25, 0.3) is 0 Å². The zero-order chi connectivity index (χ0) is 16.9. The SMILES string of the molecule is O=S1(=O)C[C@@H]2[C@H](C1)N(Cc1cccc(Cl)c1Cl)CCN2CC1CC1. The van der Waals surface area contributed by atoms with Gasteiger partial charge in [-0.15, -0.1) is 0 Å². The van der Waals surface area contributed by atoms with Crippen LogP contribution in [0.5, 0.6) is 0 Å². The normalized spacial score (nSPS) is 30.4. The molecule has 0 radical (unpaired) electrons. The molecule has 2 heterocycles. The zero-order valence-corrected chi connectivity index (χ0v) is 15.8. The lowest BCUT2D eigenvalue weighted by Gasteiger charge is -2.44. The van der Waals surface area contributed by atoms with Crippen molar-refractivity contribution in [2.45, 2.75) is 31.5 Å². The van der Waals surface area contributed by atoms with Crippen molar-refractivity contribution >= 4 is 33.0 Å². The Morgan fingerprint density at radius 1 is 1.04 bits per heavy atom. The van der Waals surface area contributed by atoms with Crippen molar-refractivity contribution < 1.29 is 8.42 Å². The van der Waals surface area contributed by atoms with Crippen molar-refractivity contribution in [3.05, 3.63) is 33.8 Å². The molecule has 1 aromatic rings. The van der Waals surface area contributed by atoms with Crippen LogP contribution in [0.4, 0.5) is 0 Å². The number of hydrogen-bond donors (Lipinski definition) is 0. The van der Waals surface area contributed by atoms with Crippen molar-refractivity contribution in [3.63, 3.8) is 0 Å². The van der Waals surface area contributed by atoms with Gasteiger partial charge in [0.1, 0.15) is 0 Å². The number of rotatable bonds is 4. The Morgan fingerprint density at radius 2 is 1.71 bits per heavy atom. The predicted octanol–water partition coefficient (Wildman–Crippen LogP) is 2.69. The van der Waals surface area contributed by atoms with E-state index in [9.17, 15) is 8.42 Å². The molecule has 2 atom stereocenters. The van der Waals surface area contributed by atoms with Gasteiger partial charge >= 0.3 is 0 Å². The zero-order valence-electron chi connectivity index (χ0n) is 13.5. The molecule has 0 amide bonds. The first-order chi connectivity index (χ1) is 11.4. The minimum Gasteiger partial charge on any atom is -0.296 e. The molecule has 0 bridgehead atoms. The fourth-order valence-electron chi connectivity index (χ4n) is 4.04. The monoisotopic (exact) mass is 388 g/mol. The molecule has 1 aromatic carbocycles. The van der Waals surface area contributed by atoms with Gasteiger partial charge in [-0.3, -0.25) is 9.80 Å². The minimum absolute atomic E-state index is 0.0672. The number of piperazine rings is 1. The molecule has 2 saturated heterocycles. The van der Waals surface area contributed by atoms with Crippen LogP contribution in [0.3, 0.4) is 0 Å². The van der Waals surface area contributed by atoms with E-state index in [-0.39, 0.29) is 17.8 Å². The maximum Gasteiger partial charge on any atom is 0.153 e. The summed E-state index contributed by atoms with van der Waals surface area (Å²) >= 11 is 12.5. The number of sulfone groups is 1. The van der Waals surface area contributed by atoms with Gasteiger partial charge in [0.2, 0.25) is 0 Å². The molecule has 0 N–H and O–H groups in total. The summed E-state index contributed by atoms with van der Waals surface area (Å²) in [5, 5.41) is 1.13. The minimum atomic E-state index is -2.96. The summed E-state index contributed by atoms with van der Waals surface area (Å²) in [4.78, 5) is 4.71. The van der Waals surface area contributed by atoms with Gasteiger partial charge in [0, 0.05) is 38.3 Å². The summed E-state index contributed by atoms with van der Waals surface area (Å²) in [6, 6.07) is 5.85.